The molecule has 12 heavy (non-hydrogen) atoms. The van der Waals surface area contributed by atoms with Gasteiger partial charge < -0.3 is 9.84 Å². The molecule has 3 heteroatoms. The normalized spacial score (nSPS) is 14.4. The van der Waals surface area contributed by atoms with Crippen molar-refractivity contribution in [1.82, 2.24) is 0 Å². The monoisotopic (exact) mass is 174 g/mol. The van der Waals surface area contributed by atoms with Crippen LogP contribution in [0.25, 0.3) is 0 Å². The van der Waals surface area contributed by atoms with E-state index >= 15 is 0 Å². The molecule has 1 atom stereocenters. The predicted molar refractivity (Wildman–Crippen MR) is 46.7 cm³/mol. The van der Waals surface area contributed by atoms with E-state index in [-0.39, 0.29) is 30.5 Å². The molecule has 0 aromatic heterocycles. The molecule has 0 fully saturated rings. The Labute approximate surface area is 73.7 Å². The average molecular weight is 174 g/mol. The van der Waals surface area contributed by atoms with E-state index in [1.54, 1.807) is 0 Å². The summed E-state index contributed by atoms with van der Waals surface area (Å²) in [6.45, 7) is 7.53. The second-order valence-electron chi connectivity index (χ2n) is 4.03. The zero-order chi connectivity index (χ0) is 9.78. The van der Waals surface area contributed by atoms with Crippen LogP contribution in [0.5, 0.6) is 0 Å². The first-order valence-corrected chi connectivity index (χ1v) is 4.11. The van der Waals surface area contributed by atoms with Gasteiger partial charge in [0.2, 0.25) is 0 Å². The van der Waals surface area contributed by atoms with E-state index in [9.17, 15) is 4.79 Å². The summed E-state index contributed by atoms with van der Waals surface area (Å²) in [4.78, 5) is 11.3. The Bertz CT molecular complexity index is 146. The molecule has 0 aliphatic rings. The highest BCUT2D eigenvalue weighted by atomic mass is 16.6. The molecule has 0 heterocycles. The van der Waals surface area contributed by atoms with Gasteiger partial charge in [-0.25, -0.2) is 0 Å². The van der Waals surface area contributed by atoms with Crippen LogP contribution in [0.15, 0.2) is 0 Å². The van der Waals surface area contributed by atoms with Crippen LogP contribution in [0.3, 0.4) is 0 Å². The Morgan fingerprint density at radius 2 is 2.00 bits per heavy atom. The smallest absolute Gasteiger partial charge is 0.161 e. The molecule has 0 rings (SSSR count). The molecule has 0 aromatic rings. The van der Waals surface area contributed by atoms with E-state index in [1.807, 2.05) is 27.7 Å². The Balaban J connectivity index is 3.94. The number of rotatable bonds is 4. The number of Topliss-reactive ketones (excluding diaryl/α,β-unsaturated/α-hetero) is 1. The lowest BCUT2D eigenvalue weighted by molar-refractivity contribution is -0.133. The lowest BCUT2D eigenvalue weighted by atomic mass is 9.80. The third-order valence-electron chi connectivity index (χ3n) is 2.12. The number of hydrogen-bond donors (Lipinski definition) is 1. The van der Waals surface area contributed by atoms with Crippen molar-refractivity contribution in [2.24, 2.45) is 11.3 Å². The maximum Gasteiger partial charge on any atom is 0.161 e. The number of ketones is 1. The van der Waals surface area contributed by atoms with Gasteiger partial charge in [-0.3, -0.25) is 4.79 Å². The summed E-state index contributed by atoms with van der Waals surface area (Å²) in [5, 5.41) is 8.33. The minimum atomic E-state index is -0.386. The summed E-state index contributed by atoms with van der Waals surface area (Å²) in [6.07, 6.45) is 0. The Kier molecular flexibility index (Phi) is 4.42. The number of aliphatic hydroxyl groups is 1. The maximum absolute atomic E-state index is 11.3. The second-order valence-corrected chi connectivity index (χ2v) is 4.03. The average Bonchev–Trinajstić information content (AvgIpc) is 1.97. The maximum atomic E-state index is 11.3. The van der Waals surface area contributed by atoms with Crippen molar-refractivity contribution >= 4 is 5.78 Å². The van der Waals surface area contributed by atoms with E-state index in [1.165, 1.54) is 0 Å². The molecule has 1 N–H and O–H groups in total. The molecule has 72 valence electrons. The standard InChI is InChI=1S/C9H18O3/c1-7(9(2,3)4)8(11)5-12-6-10/h7,10H,5-6H2,1-4H3. The Morgan fingerprint density at radius 3 is 2.33 bits per heavy atom. The highest BCUT2D eigenvalue weighted by Crippen LogP contribution is 2.25. The molecule has 0 saturated carbocycles. The van der Waals surface area contributed by atoms with E-state index in [2.05, 4.69) is 4.74 Å². The van der Waals surface area contributed by atoms with Gasteiger partial charge in [-0.1, -0.05) is 27.7 Å². The van der Waals surface area contributed by atoms with Crippen molar-refractivity contribution in [3.05, 3.63) is 0 Å². The Morgan fingerprint density at radius 1 is 1.50 bits per heavy atom. The zero-order valence-electron chi connectivity index (χ0n) is 8.26. The lowest BCUT2D eigenvalue weighted by Crippen LogP contribution is -2.28. The Hall–Kier alpha value is -0.410. The minimum absolute atomic E-state index is 0.00887. The summed E-state index contributed by atoms with van der Waals surface area (Å²) < 4.78 is 4.62. The van der Waals surface area contributed by atoms with Crippen molar-refractivity contribution in [3.63, 3.8) is 0 Å². The van der Waals surface area contributed by atoms with Crippen molar-refractivity contribution < 1.29 is 14.6 Å². The van der Waals surface area contributed by atoms with E-state index in [0.717, 1.165) is 0 Å². The van der Waals surface area contributed by atoms with Gasteiger partial charge in [0.25, 0.3) is 0 Å². The van der Waals surface area contributed by atoms with E-state index in [4.69, 9.17) is 5.11 Å². The molecule has 0 aliphatic heterocycles. The van der Waals surface area contributed by atoms with Crippen LogP contribution in [0.1, 0.15) is 27.7 Å². The molecule has 0 saturated heterocycles. The molecule has 0 aliphatic carbocycles. The quantitative estimate of drug-likeness (QED) is 0.651. The van der Waals surface area contributed by atoms with Crippen LogP contribution >= 0.6 is 0 Å². The van der Waals surface area contributed by atoms with E-state index < -0.39 is 0 Å². The summed E-state index contributed by atoms with van der Waals surface area (Å²) >= 11 is 0. The van der Waals surface area contributed by atoms with Crippen LogP contribution < -0.4 is 0 Å². The molecule has 0 radical (unpaired) electrons. The topological polar surface area (TPSA) is 46.5 Å². The molecule has 0 aromatic carbocycles. The van der Waals surface area contributed by atoms with Crippen LogP contribution in [0.2, 0.25) is 0 Å². The summed E-state index contributed by atoms with van der Waals surface area (Å²) in [5.41, 5.74) is -0.0318. The SMILES string of the molecule is CC(C(=O)COCO)C(C)(C)C. The van der Waals surface area contributed by atoms with Crippen LogP contribution in [-0.2, 0) is 9.53 Å². The number of ether oxygens (including phenoxy) is 1. The molecule has 0 amide bonds. The van der Waals surface area contributed by atoms with Gasteiger partial charge in [-0.15, -0.1) is 0 Å². The fourth-order valence-electron chi connectivity index (χ4n) is 0.754. The van der Waals surface area contributed by atoms with Crippen LogP contribution in [0.4, 0.5) is 0 Å². The number of hydrogen-bond acceptors (Lipinski definition) is 3. The van der Waals surface area contributed by atoms with Crippen LogP contribution in [0, 0.1) is 11.3 Å². The molecule has 1 unspecified atom stereocenters. The van der Waals surface area contributed by atoms with Gasteiger partial charge in [-0.05, 0) is 5.41 Å². The van der Waals surface area contributed by atoms with E-state index in [0.29, 0.717) is 0 Å². The zero-order valence-corrected chi connectivity index (χ0v) is 8.26. The van der Waals surface area contributed by atoms with Crippen LogP contribution in [-0.4, -0.2) is 24.3 Å². The summed E-state index contributed by atoms with van der Waals surface area (Å²) in [6, 6.07) is 0. The lowest BCUT2D eigenvalue weighted by Gasteiger charge is -2.25. The highest BCUT2D eigenvalue weighted by Gasteiger charge is 2.26. The van der Waals surface area contributed by atoms with Gasteiger partial charge in [-0.2, -0.15) is 0 Å². The fourth-order valence-corrected chi connectivity index (χ4v) is 0.754. The van der Waals surface area contributed by atoms with Gasteiger partial charge in [0, 0.05) is 5.92 Å². The largest absolute Gasteiger partial charge is 0.371 e. The molecular weight excluding hydrogens is 156 g/mol. The molecule has 3 nitrogen and oxygen atoms in total. The number of carbonyl (C=O) groups excluding carboxylic acids is 1. The molecule has 0 spiro atoms. The van der Waals surface area contributed by atoms with Crippen molar-refractivity contribution in [2.45, 2.75) is 27.7 Å². The van der Waals surface area contributed by atoms with Crippen molar-refractivity contribution in [2.75, 3.05) is 13.4 Å². The molecule has 0 bridgehead atoms. The van der Waals surface area contributed by atoms with Gasteiger partial charge in [0.15, 0.2) is 5.78 Å². The van der Waals surface area contributed by atoms with Crippen molar-refractivity contribution in [3.8, 4) is 0 Å². The highest BCUT2D eigenvalue weighted by molar-refractivity contribution is 5.82. The van der Waals surface area contributed by atoms with Crippen molar-refractivity contribution in [1.29, 1.82) is 0 Å². The number of carbonyl (C=O) groups is 1. The second kappa shape index (κ2) is 4.58. The summed E-state index contributed by atoms with van der Waals surface area (Å²) in [7, 11) is 0. The summed E-state index contributed by atoms with van der Waals surface area (Å²) in [5.74, 6) is 0.000556. The minimum Gasteiger partial charge on any atom is -0.371 e. The third-order valence-corrected chi connectivity index (χ3v) is 2.12. The first kappa shape index (κ1) is 11.6. The van der Waals surface area contributed by atoms with Gasteiger partial charge in [0.1, 0.15) is 13.4 Å². The first-order chi connectivity index (χ1) is 5.39. The van der Waals surface area contributed by atoms with Gasteiger partial charge >= 0.3 is 0 Å². The fraction of sp³-hybridized carbons (Fsp3) is 0.889. The predicted octanol–water partition coefficient (Wildman–Crippen LogP) is 1.20. The first-order valence-electron chi connectivity index (χ1n) is 4.11. The third kappa shape index (κ3) is 3.83. The number of aliphatic hydroxyl groups excluding tert-OH is 1. The van der Waals surface area contributed by atoms with Gasteiger partial charge in [0.05, 0.1) is 0 Å². The molecular formula is C9H18O3.